The summed E-state index contributed by atoms with van der Waals surface area (Å²) in [4.78, 5) is 11.1. The molecule has 6 heteroatoms. The van der Waals surface area contributed by atoms with Gasteiger partial charge in [-0.1, -0.05) is 170 Å². The van der Waals surface area contributed by atoms with E-state index in [1.165, 1.54) is 41.7 Å². The average molecular weight is 823 g/mol. The summed E-state index contributed by atoms with van der Waals surface area (Å²) in [7, 11) is 0. The van der Waals surface area contributed by atoms with E-state index in [1.54, 1.807) is 0 Å². The average Bonchev–Trinajstić information content (AvgIpc) is 4.01. The van der Waals surface area contributed by atoms with Crippen LogP contribution in [0.3, 0.4) is 0 Å². The highest BCUT2D eigenvalue weighted by molar-refractivity contribution is 7.25. The van der Waals surface area contributed by atoms with Gasteiger partial charge in [-0.3, -0.25) is 4.99 Å². The number of rotatable bonds is 6. The molecule has 0 spiro atoms. The minimum absolute atomic E-state index is 0.520. The Kier molecular flexibility index (Phi) is 8.08. The summed E-state index contributed by atoms with van der Waals surface area (Å²) in [6.45, 7) is 0. The van der Waals surface area contributed by atoms with Crippen molar-refractivity contribution in [2.24, 2.45) is 9.98 Å². The van der Waals surface area contributed by atoms with E-state index in [2.05, 4.69) is 209 Å². The van der Waals surface area contributed by atoms with Gasteiger partial charge in [-0.2, -0.15) is 0 Å². The molecular formula is C57H36N5S-. The fourth-order valence-corrected chi connectivity index (χ4v) is 10.8. The third-order valence-corrected chi connectivity index (χ3v) is 13.7. The van der Waals surface area contributed by atoms with Crippen molar-refractivity contribution in [1.82, 2.24) is 9.13 Å². The van der Waals surface area contributed by atoms with Crippen LogP contribution in [0, 0.1) is 0 Å². The third kappa shape index (κ3) is 5.62. The van der Waals surface area contributed by atoms with Crippen LogP contribution in [0.5, 0.6) is 0 Å². The SMILES string of the molecule is c1ccc(C2=NC(c3c(-c4ccc5sc6ccccc6c5c4)ccc(-n4c5ccccc5c5ccccc54)c3-n3c4ccccc4c4ccccc43)=NC(c3ccccc3)[N-]2)cc1. The second kappa shape index (κ2) is 14.3. The lowest BCUT2D eigenvalue weighted by Crippen LogP contribution is -2.19. The Morgan fingerprint density at radius 2 is 0.952 bits per heavy atom. The van der Waals surface area contributed by atoms with Gasteiger partial charge in [0.15, 0.2) is 0 Å². The van der Waals surface area contributed by atoms with Gasteiger partial charge in [-0.05, 0) is 70.8 Å². The van der Waals surface area contributed by atoms with Crippen LogP contribution in [0.25, 0.3) is 91.6 Å². The van der Waals surface area contributed by atoms with E-state index in [0.717, 1.165) is 61.3 Å². The van der Waals surface area contributed by atoms with Crippen LogP contribution in [0.1, 0.15) is 22.9 Å². The van der Waals surface area contributed by atoms with Crippen molar-refractivity contribution in [2.75, 3.05) is 0 Å². The van der Waals surface area contributed by atoms with Gasteiger partial charge in [0.2, 0.25) is 0 Å². The predicted octanol–water partition coefficient (Wildman–Crippen LogP) is 15.2. The molecule has 0 saturated carbocycles. The Labute approximate surface area is 367 Å². The van der Waals surface area contributed by atoms with Crippen LogP contribution in [-0.4, -0.2) is 20.8 Å². The smallest absolute Gasteiger partial charge is 0.0822 e. The number of hydrogen-bond acceptors (Lipinski definition) is 3. The van der Waals surface area contributed by atoms with Crippen LogP contribution in [0.15, 0.2) is 222 Å². The molecule has 1 unspecified atom stereocenters. The number of hydrogen-bond donors (Lipinski definition) is 0. The van der Waals surface area contributed by atoms with Gasteiger partial charge in [0.25, 0.3) is 0 Å². The Balaban J connectivity index is 1.23. The zero-order chi connectivity index (χ0) is 41.4. The fraction of sp³-hybridized carbons (Fsp3) is 0.0175. The van der Waals surface area contributed by atoms with E-state index in [1.807, 2.05) is 23.5 Å². The first-order valence-corrected chi connectivity index (χ1v) is 22.1. The van der Waals surface area contributed by atoms with Gasteiger partial charge >= 0.3 is 0 Å². The molecule has 0 saturated heterocycles. The summed E-state index contributed by atoms with van der Waals surface area (Å²) in [5.41, 5.74) is 11.5. The number of para-hydroxylation sites is 4. The van der Waals surface area contributed by atoms with Crippen molar-refractivity contribution in [3.8, 4) is 22.5 Å². The highest BCUT2D eigenvalue weighted by Crippen LogP contribution is 2.45. The molecule has 5 nitrogen and oxygen atoms in total. The summed E-state index contributed by atoms with van der Waals surface area (Å²) in [5, 5.41) is 12.5. The normalized spacial score (nSPS) is 14.2. The van der Waals surface area contributed by atoms with Crippen molar-refractivity contribution in [3.05, 3.63) is 234 Å². The third-order valence-electron chi connectivity index (χ3n) is 12.5. The van der Waals surface area contributed by atoms with Gasteiger partial charge in [0.1, 0.15) is 0 Å². The molecule has 0 amide bonds. The number of amidine groups is 2. The van der Waals surface area contributed by atoms with E-state index >= 15 is 0 Å². The first-order valence-electron chi connectivity index (χ1n) is 21.3. The Morgan fingerprint density at radius 3 is 1.59 bits per heavy atom. The maximum atomic E-state index is 5.61. The topological polar surface area (TPSA) is 48.7 Å². The van der Waals surface area contributed by atoms with Crippen LogP contribution >= 0.6 is 11.3 Å². The fourth-order valence-electron chi connectivity index (χ4n) is 9.73. The van der Waals surface area contributed by atoms with Crippen LogP contribution in [0.2, 0.25) is 0 Å². The summed E-state index contributed by atoms with van der Waals surface area (Å²) in [6, 6.07) is 76.0. The quantitative estimate of drug-likeness (QED) is 0.160. The highest BCUT2D eigenvalue weighted by atomic mass is 32.1. The molecular weight excluding hydrogens is 787 g/mol. The lowest BCUT2D eigenvalue weighted by atomic mass is 9.94. The van der Waals surface area contributed by atoms with Crippen LogP contribution in [-0.2, 0) is 0 Å². The molecule has 0 fully saturated rings. The van der Waals surface area contributed by atoms with E-state index in [9.17, 15) is 0 Å². The molecule has 4 heterocycles. The van der Waals surface area contributed by atoms with Gasteiger partial charge in [0, 0.05) is 47.3 Å². The highest BCUT2D eigenvalue weighted by Gasteiger charge is 2.27. The molecule has 63 heavy (non-hydrogen) atoms. The molecule has 296 valence electrons. The molecule has 1 aliphatic rings. The molecule has 0 radical (unpaired) electrons. The van der Waals surface area contributed by atoms with E-state index in [0.29, 0.717) is 11.7 Å². The zero-order valence-corrected chi connectivity index (χ0v) is 34.7. The van der Waals surface area contributed by atoms with Crippen LogP contribution < -0.4 is 0 Å². The first-order chi connectivity index (χ1) is 31.3. The number of fused-ring (bicyclic) bond motifs is 9. The maximum Gasteiger partial charge on any atom is 0.0822 e. The second-order valence-electron chi connectivity index (χ2n) is 16.1. The molecule has 3 aromatic heterocycles. The molecule has 13 rings (SSSR count). The number of nitrogens with zero attached hydrogens (tertiary/aromatic N) is 5. The number of aliphatic imine (C=N–C) groups is 2. The van der Waals surface area contributed by atoms with Gasteiger partial charge in [-0.25, -0.2) is 0 Å². The lowest BCUT2D eigenvalue weighted by Gasteiger charge is -2.34. The first kappa shape index (κ1) is 35.7. The number of thiophene rings is 1. The molecule has 1 atom stereocenters. The Morgan fingerprint density at radius 1 is 0.429 bits per heavy atom. The summed E-state index contributed by atoms with van der Waals surface area (Å²) < 4.78 is 7.44. The van der Waals surface area contributed by atoms with E-state index < -0.39 is 6.17 Å². The maximum absolute atomic E-state index is 5.61. The largest absolute Gasteiger partial charge is 0.438 e. The van der Waals surface area contributed by atoms with Gasteiger partial charge < -0.3 is 19.4 Å². The minimum atomic E-state index is -0.520. The Hall–Kier alpha value is -8.06. The number of aromatic nitrogens is 2. The second-order valence-corrected chi connectivity index (χ2v) is 17.2. The molecule has 9 aromatic carbocycles. The van der Waals surface area contributed by atoms with Crippen molar-refractivity contribution < 1.29 is 0 Å². The van der Waals surface area contributed by atoms with Crippen molar-refractivity contribution in [3.63, 3.8) is 0 Å². The minimum Gasteiger partial charge on any atom is -0.438 e. The molecule has 1 aliphatic heterocycles. The van der Waals surface area contributed by atoms with E-state index in [4.69, 9.17) is 15.3 Å². The zero-order valence-electron chi connectivity index (χ0n) is 33.9. The van der Waals surface area contributed by atoms with Crippen molar-refractivity contribution >= 4 is 86.8 Å². The predicted molar refractivity (Wildman–Crippen MR) is 266 cm³/mol. The summed E-state index contributed by atoms with van der Waals surface area (Å²) >= 11 is 1.84. The molecule has 12 aromatic rings. The molecule has 0 aliphatic carbocycles. The van der Waals surface area contributed by atoms with Crippen molar-refractivity contribution in [1.29, 1.82) is 0 Å². The Bertz CT molecular complexity index is 3730. The summed E-state index contributed by atoms with van der Waals surface area (Å²) in [5.74, 6) is 1.28. The van der Waals surface area contributed by atoms with Gasteiger partial charge in [-0.15, -0.1) is 11.3 Å². The monoisotopic (exact) mass is 822 g/mol. The molecule has 0 N–H and O–H groups in total. The van der Waals surface area contributed by atoms with E-state index in [-0.39, 0.29) is 0 Å². The molecule has 0 bridgehead atoms. The number of benzene rings is 9. The lowest BCUT2D eigenvalue weighted by molar-refractivity contribution is 0.877. The van der Waals surface area contributed by atoms with Crippen molar-refractivity contribution in [2.45, 2.75) is 6.17 Å². The standard InChI is InChI=1S/C57H36N5S/c1-3-17-36(18-4-1)55-58-56(37-19-5-2-6-20-37)60-57(59-55)53-39(38-31-34-52-45(35-38)44-25-11-16-30-51(44)63-52)32-33-50(61-46-26-12-7-21-40(46)41-22-8-13-27-47(41)61)54(53)62-48-28-14-9-23-42(48)43-24-10-15-29-49(43)62/h1-35,55H/q-1. The van der Waals surface area contributed by atoms with Crippen LogP contribution in [0.4, 0.5) is 0 Å². The van der Waals surface area contributed by atoms with Gasteiger partial charge in [0.05, 0.1) is 45.4 Å². The summed E-state index contributed by atoms with van der Waals surface area (Å²) in [6.07, 6.45) is -0.520.